The van der Waals surface area contributed by atoms with E-state index in [9.17, 15) is 9.18 Å². The quantitative estimate of drug-likeness (QED) is 0.363. The molecule has 1 aliphatic heterocycles. The van der Waals surface area contributed by atoms with E-state index >= 15 is 0 Å². The highest BCUT2D eigenvalue weighted by Crippen LogP contribution is 2.39. The fourth-order valence-corrected chi connectivity index (χ4v) is 6.30. The first kappa shape index (κ1) is 25.7. The number of nitrogens with zero attached hydrogens (tertiary/aromatic N) is 4. The molecule has 3 heterocycles. The molecule has 2 aromatic carbocycles. The van der Waals surface area contributed by atoms with Gasteiger partial charge >= 0.3 is 0 Å². The van der Waals surface area contributed by atoms with Crippen LogP contribution >= 0.6 is 0 Å². The fraction of sp³-hybridized carbons (Fsp3) is 0.433. The second kappa shape index (κ2) is 10.2. The Kier molecular flexibility index (Phi) is 6.72. The van der Waals surface area contributed by atoms with Gasteiger partial charge in [-0.3, -0.25) is 9.69 Å². The molecule has 1 atom stereocenters. The van der Waals surface area contributed by atoms with Crippen LogP contribution in [0.15, 0.2) is 40.9 Å². The highest BCUT2D eigenvalue weighted by molar-refractivity contribution is 5.96. The van der Waals surface area contributed by atoms with Crippen molar-refractivity contribution in [2.75, 3.05) is 25.1 Å². The normalized spacial score (nSPS) is 22.1. The second-order valence-electron chi connectivity index (χ2n) is 10.8. The molecule has 2 fully saturated rings. The van der Waals surface area contributed by atoms with Crippen molar-refractivity contribution in [3.05, 3.63) is 65.1 Å². The number of amides is 1. The maximum atomic E-state index is 14.1. The molecule has 39 heavy (non-hydrogen) atoms. The molecule has 6 rings (SSSR count). The van der Waals surface area contributed by atoms with Gasteiger partial charge in [-0.15, -0.1) is 0 Å². The van der Waals surface area contributed by atoms with Crippen LogP contribution in [0.4, 0.5) is 10.1 Å². The van der Waals surface area contributed by atoms with Crippen LogP contribution in [0.2, 0.25) is 0 Å². The number of carbonyl (C=O) groups excluding carboxylic acids is 1. The Bertz CT molecular complexity index is 1520. The van der Waals surface area contributed by atoms with Crippen LogP contribution in [0.25, 0.3) is 22.2 Å². The van der Waals surface area contributed by atoms with Crippen molar-refractivity contribution in [3.63, 3.8) is 0 Å². The van der Waals surface area contributed by atoms with Crippen molar-refractivity contribution in [1.82, 2.24) is 20.0 Å². The maximum Gasteiger partial charge on any atom is 0.241 e. The number of carbonyl (C=O) groups is 1. The number of anilines is 1. The average molecular weight is 532 g/mol. The summed E-state index contributed by atoms with van der Waals surface area (Å²) in [7, 11) is 1.78. The number of aromatic nitrogens is 3. The number of methoxy groups -OCH3 is 1. The largest absolute Gasteiger partial charge is 0.381 e. The molecule has 0 radical (unpaired) electrons. The molecule has 1 unspecified atom stereocenters. The van der Waals surface area contributed by atoms with Crippen molar-refractivity contribution >= 4 is 22.6 Å². The molecule has 1 saturated carbocycles. The van der Waals surface area contributed by atoms with Gasteiger partial charge in [0.1, 0.15) is 23.4 Å². The second-order valence-corrected chi connectivity index (χ2v) is 10.8. The molecule has 4 aromatic rings. The van der Waals surface area contributed by atoms with Crippen LogP contribution in [-0.2, 0) is 9.53 Å². The third-order valence-electron chi connectivity index (χ3n) is 8.29. The zero-order valence-corrected chi connectivity index (χ0v) is 22.8. The summed E-state index contributed by atoms with van der Waals surface area (Å²) >= 11 is 0. The number of ether oxygens (including phenoxy) is 1. The summed E-state index contributed by atoms with van der Waals surface area (Å²) in [6.45, 7) is 6.36. The topological polar surface area (TPSA) is 85.4 Å². The smallest absolute Gasteiger partial charge is 0.241 e. The predicted octanol–water partition coefficient (Wildman–Crippen LogP) is 5.56. The van der Waals surface area contributed by atoms with Crippen molar-refractivity contribution in [3.8, 4) is 11.1 Å². The van der Waals surface area contributed by atoms with E-state index in [2.05, 4.69) is 33.2 Å². The maximum absolute atomic E-state index is 14.1. The number of fused-ring (bicyclic) bond motifs is 1. The van der Waals surface area contributed by atoms with Gasteiger partial charge in [0, 0.05) is 30.9 Å². The van der Waals surface area contributed by atoms with Crippen molar-refractivity contribution in [1.29, 1.82) is 0 Å². The molecule has 1 aliphatic carbocycles. The molecular formula is C30H34FN5O3. The molecule has 0 spiro atoms. The van der Waals surface area contributed by atoms with E-state index in [-0.39, 0.29) is 36.5 Å². The Morgan fingerprint density at radius 3 is 2.56 bits per heavy atom. The minimum absolute atomic E-state index is 0.0598. The number of aryl methyl sites for hydroxylation is 3. The van der Waals surface area contributed by atoms with Gasteiger partial charge in [0.25, 0.3) is 0 Å². The summed E-state index contributed by atoms with van der Waals surface area (Å²) in [5.74, 6) is 1.26. The number of hydrogen-bond donors (Lipinski definition) is 1. The average Bonchev–Trinajstić information content (AvgIpc) is 3.48. The lowest BCUT2D eigenvalue weighted by molar-refractivity contribution is -0.119. The van der Waals surface area contributed by atoms with Gasteiger partial charge in [-0.1, -0.05) is 11.2 Å². The molecule has 1 saturated heterocycles. The lowest BCUT2D eigenvalue weighted by Crippen LogP contribution is -2.51. The third kappa shape index (κ3) is 4.53. The lowest BCUT2D eigenvalue weighted by atomic mass is 9.92. The Labute approximate surface area is 227 Å². The highest BCUT2D eigenvalue weighted by Gasteiger charge is 2.36. The Balaban J connectivity index is 1.50. The summed E-state index contributed by atoms with van der Waals surface area (Å²) in [6.07, 6.45) is 4.14. The third-order valence-corrected chi connectivity index (χ3v) is 8.29. The van der Waals surface area contributed by atoms with Crippen LogP contribution in [0.1, 0.15) is 60.6 Å². The zero-order valence-electron chi connectivity index (χ0n) is 22.8. The fourth-order valence-electron chi connectivity index (χ4n) is 6.30. The van der Waals surface area contributed by atoms with E-state index in [1.165, 1.54) is 6.07 Å². The van der Waals surface area contributed by atoms with Crippen LogP contribution in [0, 0.1) is 26.6 Å². The number of benzene rings is 2. The molecule has 9 heteroatoms. The Hall–Kier alpha value is -3.56. The van der Waals surface area contributed by atoms with Gasteiger partial charge in [-0.05, 0) is 87.9 Å². The highest BCUT2D eigenvalue weighted by atomic mass is 19.1. The summed E-state index contributed by atoms with van der Waals surface area (Å²) in [6, 6.07) is 11.1. The standard InChI is InChI=1S/C30H34FN5O3/c1-17-13-22(8-11-24(17)31)35-27(15-32-16-28(35)37)30-33-25-14-20(29-18(2)34-39-19(29)3)5-12-26(25)36(30)21-6-9-23(38-4)10-7-21/h5,8,11-14,21,23,27,32H,6-7,9-10,15-16H2,1-4H3. The van der Waals surface area contributed by atoms with Gasteiger partial charge in [-0.25, -0.2) is 9.37 Å². The van der Waals surface area contributed by atoms with Crippen LogP contribution < -0.4 is 10.2 Å². The first-order chi connectivity index (χ1) is 18.9. The van der Waals surface area contributed by atoms with Crippen LogP contribution in [0.3, 0.4) is 0 Å². The van der Waals surface area contributed by atoms with Gasteiger partial charge in [0.2, 0.25) is 5.91 Å². The SMILES string of the molecule is COC1CCC(n2c(C3CNCC(=O)N3c3ccc(F)c(C)c3)nc3cc(-c4c(C)noc4C)ccc32)CC1. The number of imidazole rings is 1. The molecule has 1 N–H and O–H groups in total. The molecule has 2 aliphatic rings. The van der Waals surface area contributed by atoms with E-state index in [1.54, 1.807) is 31.1 Å². The van der Waals surface area contributed by atoms with E-state index < -0.39 is 0 Å². The summed E-state index contributed by atoms with van der Waals surface area (Å²) in [5.41, 5.74) is 5.91. The van der Waals surface area contributed by atoms with Gasteiger partial charge in [0.05, 0.1) is 29.4 Å². The lowest BCUT2D eigenvalue weighted by Gasteiger charge is -2.38. The van der Waals surface area contributed by atoms with E-state index in [1.807, 2.05) is 13.8 Å². The van der Waals surface area contributed by atoms with Crippen molar-refractivity contribution in [2.24, 2.45) is 0 Å². The van der Waals surface area contributed by atoms with Crippen LogP contribution in [0.5, 0.6) is 0 Å². The summed E-state index contributed by atoms with van der Waals surface area (Å²) in [4.78, 5) is 20.3. The number of rotatable bonds is 5. The predicted molar refractivity (Wildman–Crippen MR) is 147 cm³/mol. The van der Waals surface area contributed by atoms with Gasteiger partial charge < -0.3 is 19.1 Å². The van der Waals surface area contributed by atoms with Gasteiger partial charge in [0.15, 0.2) is 0 Å². The van der Waals surface area contributed by atoms with E-state index in [4.69, 9.17) is 14.2 Å². The zero-order chi connectivity index (χ0) is 27.3. The molecule has 8 nitrogen and oxygen atoms in total. The molecule has 1 amide bonds. The molecule has 0 bridgehead atoms. The number of nitrogens with one attached hydrogen (secondary N) is 1. The number of halogens is 1. The van der Waals surface area contributed by atoms with E-state index in [0.717, 1.165) is 65.1 Å². The molecular weight excluding hydrogens is 497 g/mol. The summed E-state index contributed by atoms with van der Waals surface area (Å²) < 4.78 is 27.6. The first-order valence-corrected chi connectivity index (χ1v) is 13.6. The minimum atomic E-state index is -0.342. The molecule has 204 valence electrons. The first-order valence-electron chi connectivity index (χ1n) is 13.6. The Morgan fingerprint density at radius 1 is 1.08 bits per heavy atom. The van der Waals surface area contributed by atoms with E-state index in [0.29, 0.717) is 17.8 Å². The van der Waals surface area contributed by atoms with Crippen LogP contribution in [-0.4, -0.2) is 46.9 Å². The Morgan fingerprint density at radius 2 is 1.87 bits per heavy atom. The van der Waals surface area contributed by atoms with Crippen molar-refractivity contribution in [2.45, 2.75) is 64.6 Å². The minimum Gasteiger partial charge on any atom is -0.381 e. The van der Waals surface area contributed by atoms with Crippen molar-refractivity contribution < 1.29 is 18.4 Å². The molecule has 2 aromatic heterocycles. The number of hydrogen-bond acceptors (Lipinski definition) is 6. The summed E-state index contributed by atoms with van der Waals surface area (Å²) in [5, 5.41) is 7.42. The monoisotopic (exact) mass is 531 g/mol. The number of piperazine rings is 1. The van der Waals surface area contributed by atoms with Gasteiger partial charge in [-0.2, -0.15) is 0 Å².